The van der Waals surface area contributed by atoms with Crippen molar-refractivity contribution < 1.29 is 17.6 Å². The lowest BCUT2D eigenvalue weighted by atomic mass is 10.1. The summed E-state index contributed by atoms with van der Waals surface area (Å²) in [6.45, 7) is 4.30. The van der Waals surface area contributed by atoms with Gasteiger partial charge in [0.1, 0.15) is 11.5 Å². The van der Waals surface area contributed by atoms with E-state index in [9.17, 15) is 13.2 Å². The summed E-state index contributed by atoms with van der Waals surface area (Å²) in [6.07, 6.45) is -4.08. The first kappa shape index (κ1) is 14.1. The van der Waals surface area contributed by atoms with Crippen LogP contribution >= 0.6 is 0 Å². The highest BCUT2D eigenvalue weighted by Gasteiger charge is 2.26. The summed E-state index contributed by atoms with van der Waals surface area (Å²) in [4.78, 5) is 0. The molecule has 1 atom stereocenters. The highest BCUT2D eigenvalue weighted by atomic mass is 19.4. The average molecular weight is 249 g/mol. The van der Waals surface area contributed by atoms with Crippen LogP contribution in [-0.4, -0.2) is 12.2 Å². The van der Waals surface area contributed by atoms with E-state index in [1.54, 1.807) is 0 Å². The van der Waals surface area contributed by atoms with E-state index < -0.39 is 12.6 Å². The zero-order chi connectivity index (χ0) is 12.9. The molecule has 1 N–H and O–H groups in total. The summed E-state index contributed by atoms with van der Waals surface area (Å²) in [5.74, 6) is 1.65. The lowest BCUT2D eigenvalue weighted by molar-refractivity contribution is -0.135. The lowest BCUT2D eigenvalue weighted by Gasteiger charge is -2.13. The number of nitrogens with one attached hydrogen (secondary N) is 1. The van der Waals surface area contributed by atoms with Gasteiger partial charge in [0.15, 0.2) is 0 Å². The quantitative estimate of drug-likeness (QED) is 0.829. The van der Waals surface area contributed by atoms with Crippen molar-refractivity contribution in [2.75, 3.05) is 0 Å². The Labute approximate surface area is 99.2 Å². The van der Waals surface area contributed by atoms with Gasteiger partial charge in [0.25, 0.3) is 0 Å². The number of hydrogen-bond donors (Lipinski definition) is 1. The van der Waals surface area contributed by atoms with Crippen LogP contribution in [0.1, 0.15) is 37.7 Å². The van der Waals surface area contributed by atoms with Crippen LogP contribution in [0.5, 0.6) is 0 Å². The summed E-state index contributed by atoms with van der Waals surface area (Å²) < 4.78 is 41.1. The minimum absolute atomic E-state index is 0.0581. The van der Waals surface area contributed by atoms with Crippen molar-refractivity contribution in [2.24, 2.45) is 0 Å². The van der Waals surface area contributed by atoms with E-state index in [4.69, 9.17) is 4.42 Å². The summed E-state index contributed by atoms with van der Waals surface area (Å²) in [7, 11) is 0. The van der Waals surface area contributed by atoms with Crippen LogP contribution in [0, 0.1) is 6.92 Å². The Kier molecular flexibility index (Phi) is 5.05. The van der Waals surface area contributed by atoms with E-state index in [0.717, 1.165) is 11.5 Å². The van der Waals surface area contributed by atoms with Crippen LogP contribution < -0.4 is 5.32 Å². The van der Waals surface area contributed by atoms with Gasteiger partial charge in [-0.25, -0.2) is 0 Å². The molecule has 1 aromatic heterocycles. The molecule has 5 heteroatoms. The van der Waals surface area contributed by atoms with Gasteiger partial charge in [-0.05, 0) is 38.8 Å². The van der Waals surface area contributed by atoms with Crippen molar-refractivity contribution in [1.82, 2.24) is 5.32 Å². The number of aryl methyl sites for hydroxylation is 1. The fourth-order valence-corrected chi connectivity index (χ4v) is 1.57. The smallest absolute Gasteiger partial charge is 0.389 e. The van der Waals surface area contributed by atoms with Crippen LogP contribution in [-0.2, 0) is 6.54 Å². The maximum Gasteiger partial charge on any atom is 0.389 e. The molecule has 98 valence electrons. The Morgan fingerprint density at radius 3 is 2.59 bits per heavy atom. The Balaban J connectivity index is 2.15. The van der Waals surface area contributed by atoms with E-state index in [1.807, 2.05) is 26.0 Å². The molecule has 1 aromatic rings. The fraction of sp³-hybridized carbons (Fsp3) is 0.667. The van der Waals surface area contributed by atoms with E-state index in [0.29, 0.717) is 13.0 Å². The van der Waals surface area contributed by atoms with Gasteiger partial charge in [-0.2, -0.15) is 13.2 Å². The van der Waals surface area contributed by atoms with Crippen LogP contribution in [0.3, 0.4) is 0 Å². The number of hydrogen-bond acceptors (Lipinski definition) is 2. The molecule has 0 saturated heterocycles. The van der Waals surface area contributed by atoms with Crippen LogP contribution in [0.4, 0.5) is 13.2 Å². The molecule has 1 unspecified atom stereocenters. The third-order valence-corrected chi connectivity index (χ3v) is 2.52. The minimum atomic E-state index is -4.04. The largest absolute Gasteiger partial charge is 0.465 e. The maximum atomic E-state index is 11.9. The number of rotatable bonds is 6. The second kappa shape index (κ2) is 6.10. The number of alkyl halides is 3. The first-order valence-corrected chi connectivity index (χ1v) is 5.72. The monoisotopic (exact) mass is 249 g/mol. The summed E-state index contributed by atoms with van der Waals surface area (Å²) in [5, 5.41) is 3.14. The van der Waals surface area contributed by atoms with Gasteiger partial charge in [-0.1, -0.05) is 0 Å². The van der Waals surface area contributed by atoms with Gasteiger partial charge < -0.3 is 9.73 Å². The molecule has 17 heavy (non-hydrogen) atoms. The van der Waals surface area contributed by atoms with Crippen molar-refractivity contribution in [3.63, 3.8) is 0 Å². The second-order valence-electron chi connectivity index (χ2n) is 4.30. The SMILES string of the molecule is Cc1ccc(CNC(C)CCCC(F)(F)F)o1. The minimum Gasteiger partial charge on any atom is -0.465 e. The molecule has 0 aromatic carbocycles. The van der Waals surface area contributed by atoms with Crippen LogP contribution in [0.15, 0.2) is 16.5 Å². The molecule has 0 aliphatic carbocycles. The summed E-state index contributed by atoms with van der Waals surface area (Å²) >= 11 is 0. The molecular weight excluding hydrogens is 231 g/mol. The third-order valence-electron chi connectivity index (χ3n) is 2.52. The predicted octanol–water partition coefficient (Wildman–Crippen LogP) is 3.80. The van der Waals surface area contributed by atoms with Gasteiger partial charge in [0.05, 0.1) is 6.54 Å². The lowest BCUT2D eigenvalue weighted by Crippen LogP contribution is -2.25. The van der Waals surface area contributed by atoms with E-state index in [1.165, 1.54) is 0 Å². The summed E-state index contributed by atoms with van der Waals surface area (Å²) in [6, 6.07) is 3.79. The Hall–Kier alpha value is -0.970. The standard InChI is InChI=1S/C12H18F3NO/c1-9(4-3-7-12(13,14)15)16-8-11-6-5-10(2)17-11/h5-6,9,16H,3-4,7-8H2,1-2H3. The molecular formula is C12H18F3NO. The second-order valence-corrected chi connectivity index (χ2v) is 4.30. The van der Waals surface area contributed by atoms with Crippen LogP contribution in [0.25, 0.3) is 0 Å². The Bertz CT molecular complexity index is 333. The third kappa shape index (κ3) is 6.36. The zero-order valence-electron chi connectivity index (χ0n) is 10.1. The molecule has 1 rings (SSSR count). The normalized spacial score (nSPS) is 13.9. The van der Waals surface area contributed by atoms with Gasteiger partial charge in [-0.15, -0.1) is 0 Å². The van der Waals surface area contributed by atoms with Crippen molar-refractivity contribution in [2.45, 2.75) is 51.9 Å². The zero-order valence-corrected chi connectivity index (χ0v) is 10.1. The molecule has 0 fully saturated rings. The first-order chi connectivity index (χ1) is 7.87. The predicted molar refractivity (Wildman–Crippen MR) is 59.7 cm³/mol. The highest BCUT2D eigenvalue weighted by Crippen LogP contribution is 2.22. The molecule has 2 nitrogen and oxygen atoms in total. The van der Waals surface area contributed by atoms with Crippen molar-refractivity contribution >= 4 is 0 Å². The molecule has 0 aliphatic heterocycles. The molecule has 0 bridgehead atoms. The average Bonchev–Trinajstić information content (AvgIpc) is 2.59. The molecule has 1 heterocycles. The number of furan rings is 1. The van der Waals surface area contributed by atoms with E-state index in [2.05, 4.69) is 5.32 Å². The van der Waals surface area contributed by atoms with Gasteiger partial charge >= 0.3 is 6.18 Å². The van der Waals surface area contributed by atoms with Crippen molar-refractivity contribution in [3.8, 4) is 0 Å². The Morgan fingerprint density at radius 1 is 1.35 bits per heavy atom. The van der Waals surface area contributed by atoms with Gasteiger partial charge in [0.2, 0.25) is 0 Å². The molecule has 0 radical (unpaired) electrons. The Morgan fingerprint density at radius 2 is 2.06 bits per heavy atom. The number of halogens is 3. The maximum absolute atomic E-state index is 11.9. The van der Waals surface area contributed by atoms with Crippen molar-refractivity contribution in [1.29, 1.82) is 0 Å². The molecule has 0 saturated carbocycles. The summed E-state index contributed by atoms with van der Waals surface area (Å²) in [5.41, 5.74) is 0. The first-order valence-electron chi connectivity index (χ1n) is 5.72. The highest BCUT2D eigenvalue weighted by molar-refractivity contribution is 5.05. The van der Waals surface area contributed by atoms with Crippen molar-refractivity contribution in [3.05, 3.63) is 23.7 Å². The van der Waals surface area contributed by atoms with E-state index >= 15 is 0 Å². The van der Waals surface area contributed by atoms with E-state index in [-0.39, 0.29) is 12.5 Å². The molecule has 0 spiro atoms. The van der Waals surface area contributed by atoms with Gasteiger partial charge in [0, 0.05) is 12.5 Å². The van der Waals surface area contributed by atoms with Gasteiger partial charge in [-0.3, -0.25) is 0 Å². The van der Waals surface area contributed by atoms with Crippen LogP contribution in [0.2, 0.25) is 0 Å². The molecule has 0 aliphatic rings. The fourth-order valence-electron chi connectivity index (χ4n) is 1.57. The topological polar surface area (TPSA) is 25.2 Å². The molecule has 0 amide bonds.